The molecule has 0 bridgehead atoms. The molecule has 1 fully saturated rings. The summed E-state index contributed by atoms with van der Waals surface area (Å²) in [7, 11) is 0. The van der Waals surface area contributed by atoms with Gasteiger partial charge in [-0.2, -0.15) is 0 Å². The molecular formula is C16H23NO. The smallest absolute Gasteiger partial charge is 0.142 e. The fourth-order valence-corrected chi connectivity index (χ4v) is 2.99. The molecule has 1 aromatic rings. The van der Waals surface area contributed by atoms with Crippen LogP contribution in [0.3, 0.4) is 0 Å². The first-order valence-electron chi connectivity index (χ1n) is 6.99. The van der Waals surface area contributed by atoms with E-state index in [1.165, 1.54) is 18.4 Å². The van der Waals surface area contributed by atoms with Gasteiger partial charge in [0.05, 0.1) is 0 Å². The molecular weight excluding hydrogens is 222 g/mol. The molecule has 1 unspecified atom stereocenters. The molecule has 2 nitrogen and oxygen atoms in total. The Morgan fingerprint density at radius 1 is 1.44 bits per heavy atom. The topological polar surface area (TPSA) is 30.0 Å². The molecule has 2 heteroatoms. The van der Waals surface area contributed by atoms with E-state index in [1.54, 1.807) is 0 Å². The van der Waals surface area contributed by atoms with Crippen molar-refractivity contribution in [3.8, 4) is 0 Å². The van der Waals surface area contributed by atoms with E-state index in [0.29, 0.717) is 12.2 Å². The zero-order valence-electron chi connectivity index (χ0n) is 11.7. The minimum Gasteiger partial charge on any atom is -0.299 e. The molecule has 0 saturated heterocycles. The second kappa shape index (κ2) is 5.21. The predicted octanol–water partition coefficient (Wildman–Crippen LogP) is 3.58. The van der Waals surface area contributed by atoms with Gasteiger partial charge in [-0.1, -0.05) is 33.3 Å². The second-order valence-corrected chi connectivity index (χ2v) is 6.09. The number of ketones is 1. The van der Waals surface area contributed by atoms with Crippen molar-refractivity contribution in [3.63, 3.8) is 0 Å². The molecule has 0 amide bonds. The third-order valence-corrected chi connectivity index (χ3v) is 4.30. The van der Waals surface area contributed by atoms with Gasteiger partial charge in [0, 0.05) is 24.2 Å². The molecule has 0 N–H and O–H groups in total. The molecule has 1 heterocycles. The lowest BCUT2D eigenvalue weighted by Gasteiger charge is -2.25. The SMILES string of the molecule is CCc1ccc(CC(=O)C2CCCC2(C)C)nc1. The highest BCUT2D eigenvalue weighted by atomic mass is 16.1. The van der Waals surface area contributed by atoms with Crippen molar-refractivity contribution in [2.24, 2.45) is 11.3 Å². The van der Waals surface area contributed by atoms with Gasteiger partial charge >= 0.3 is 0 Å². The number of rotatable bonds is 4. The highest BCUT2D eigenvalue weighted by molar-refractivity contribution is 5.83. The first kappa shape index (κ1) is 13.3. The zero-order chi connectivity index (χ0) is 13.2. The first-order valence-corrected chi connectivity index (χ1v) is 6.99. The Morgan fingerprint density at radius 2 is 2.22 bits per heavy atom. The normalized spacial score (nSPS) is 22.1. The molecule has 2 rings (SSSR count). The van der Waals surface area contributed by atoms with E-state index in [9.17, 15) is 4.79 Å². The Labute approximate surface area is 110 Å². The summed E-state index contributed by atoms with van der Waals surface area (Å²) in [4.78, 5) is 16.7. The highest BCUT2D eigenvalue weighted by Crippen LogP contribution is 2.43. The van der Waals surface area contributed by atoms with E-state index < -0.39 is 0 Å². The molecule has 0 spiro atoms. The van der Waals surface area contributed by atoms with E-state index in [1.807, 2.05) is 12.3 Å². The summed E-state index contributed by atoms with van der Waals surface area (Å²) >= 11 is 0. The van der Waals surface area contributed by atoms with E-state index in [4.69, 9.17) is 0 Å². The quantitative estimate of drug-likeness (QED) is 0.811. The Bertz CT molecular complexity index is 419. The number of aromatic nitrogens is 1. The molecule has 1 atom stereocenters. The average Bonchev–Trinajstić information content (AvgIpc) is 2.70. The van der Waals surface area contributed by atoms with E-state index in [2.05, 4.69) is 31.8 Å². The van der Waals surface area contributed by atoms with Crippen LogP contribution >= 0.6 is 0 Å². The fraction of sp³-hybridized carbons (Fsp3) is 0.625. The molecule has 0 radical (unpaired) electrons. The van der Waals surface area contributed by atoms with Crippen molar-refractivity contribution in [2.45, 2.75) is 52.9 Å². The molecule has 0 aliphatic heterocycles. The number of hydrogen-bond donors (Lipinski definition) is 0. The molecule has 98 valence electrons. The van der Waals surface area contributed by atoms with Crippen LogP contribution in [-0.2, 0) is 17.6 Å². The van der Waals surface area contributed by atoms with Gasteiger partial charge in [0.15, 0.2) is 0 Å². The maximum Gasteiger partial charge on any atom is 0.142 e. The monoisotopic (exact) mass is 245 g/mol. The standard InChI is InChI=1S/C16H23NO/c1-4-12-7-8-13(17-11-12)10-15(18)14-6-5-9-16(14,2)3/h7-8,11,14H,4-6,9-10H2,1-3H3. The molecule has 0 aromatic carbocycles. The average molecular weight is 245 g/mol. The Kier molecular flexibility index (Phi) is 3.84. The number of pyridine rings is 1. The van der Waals surface area contributed by atoms with Crippen LogP contribution in [0.15, 0.2) is 18.3 Å². The van der Waals surface area contributed by atoms with Crippen molar-refractivity contribution in [1.29, 1.82) is 0 Å². The maximum absolute atomic E-state index is 12.3. The van der Waals surface area contributed by atoms with Crippen molar-refractivity contribution < 1.29 is 4.79 Å². The molecule has 1 saturated carbocycles. The van der Waals surface area contributed by atoms with Gasteiger partial charge in [0.25, 0.3) is 0 Å². The van der Waals surface area contributed by atoms with E-state index >= 15 is 0 Å². The van der Waals surface area contributed by atoms with Gasteiger partial charge in [0.1, 0.15) is 5.78 Å². The summed E-state index contributed by atoms with van der Waals surface area (Å²) in [6, 6.07) is 4.08. The largest absolute Gasteiger partial charge is 0.299 e. The first-order chi connectivity index (χ1) is 8.53. The van der Waals surface area contributed by atoms with Crippen LogP contribution in [0.2, 0.25) is 0 Å². The van der Waals surface area contributed by atoms with Crippen LogP contribution in [0.1, 0.15) is 51.3 Å². The summed E-state index contributed by atoms with van der Waals surface area (Å²) in [5, 5.41) is 0. The van der Waals surface area contributed by atoms with E-state index in [-0.39, 0.29) is 11.3 Å². The van der Waals surface area contributed by atoms with Gasteiger partial charge in [0.2, 0.25) is 0 Å². The minimum atomic E-state index is 0.181. The third kappa shape index (κ3) is 2.80. The van der Waals surface area contributed by atoms with Crippen molar-refractivity contribution in [3.05, 3.63) is 29.6 Å². The van der Waals surface area contributed by atoms with Crippen LogP contribution in [-0.4, -0.2) is 10.8 Å². The molecule has 18 heavy (non-hydrogen) atoms. The van der Waals surface area contributed by atoms with Crippen molar-refractivity contribution in [2.75, 3.05) is 0 Å². The van der Waals surface area contributed by atoms with Crippen LogP contribution in [0.4, 0.5) is 0 Å². The summed E-state index contributed by atoms with van der Waals surface area (Å²) in [6.45, 7) is 6.55. The number of carbonyl (C=O) groups is 1. The Hall–Kier alpha value is -1.18. The van der Waals surface area contributed by atoms with E-state index in [0.717, 1.165) is 18.5 Å². The number of hydrogen-bond acceptors (Lipinski definition) is 2. The zero-order valence-corrected chi connectivity index (χ0v) is 11.7. The second-order valence-electron chi connectivity index (χ2n) is 6.09. The third-order valence-electron chi connectivity index (χ3n) is 4.30. The summed E-state index contributed by atoms with van der Waals surface area (Å²) in [5.74, 6) is 0.597. The van der Waals surface area contributed by atoms with Gasteiger partial charge in [-0.15, -0.1) is 0 Å². The Morgan fingerprint density at radius 3 is 2.72 bits per heavy atom. The predicted molar refractivity (Wildman–Crippen MR) is 73.4 cm³/mol. The number of carbonyl (C=O) groups excluding carboxylic acids is 1. The molecule has 1 aliphatic rings. The lowest BCUT2D eigenvalue weighted by molar-refractivity contribution is -0.124. The molecule has 1 aromatic heterocycles. The summed E-state index contributed by atoms with van der Waals surface area (Å²) in [6.07, 6.45) is 6.80. The van der Waals surface area contributed by atoms with Crippen molar-refractivity contribution in [1.82, 2.24) is 4.98 Å². The fourth-order valence-electron chi connectivity index (χ4n) is 2.99. The molecule has 1 aliphatic carbocycles. The number of Topliss-reactive ketones (excluding diaryl/α,β-unsaturated/α-hetero) is 1. The lowest BCUT2D eigenvalue weighted by atomic mass is 9.78. The summed E-state index contributed by atoms with van der Waals surface area (Å²) < 4.78 is 0. The van der Waals surface area contributed by atoms with Crippen LogP contribution in [0, 0.1) is 11.3 Å². The van der Waals surface area contributed by atoms with Crippen molar-refractivity contribution >= 4 is 5.78 Å². The summed E-state index contributed by atoms with van der Waals surface area (Å²) in [5.41, 5.74) is 2.33. The van der Waals surface area contributed by atoms with Gasteiger partial charge in [-0.05, 0) is 36.3 Å². The van der Waals surface area contributed by atoms with Crippen LogP contribution in [0.5, 0.6) is 0 Å². The minimum absolute atomic E-state index is 0.181. The maximum atomic E-state index is 12.3. The number of aryl methyl sites for hydroxylation is 1. The van der Waals surface area contributed by atoms with Gasteiger partial charge in [-0.25, -0.2) is 0 Å². The van der Waals surface area contributed by atoms with Crippen LogP contribution in [0.25, 0.3) is 0 Å². The van der Waals surface area contributed by atoms with Gasteiger partial charge in [-0.3, -0.25) is 9.78 Å². The lowest BCUT2D eigenvalue weighted by Crippen LogP contribution is -2.27. The van der Waals surface area contributed by atoms with Gasteiger partial charge < -0.3 is 0 Å². The highest BCUT2D eigenvalue weighted by Gasteiger charge is 2.38. The Balaban J connectivity index is 2.02. The number of nitrogens with zero attached hydrogens (tertiary/aromatic N) is 1. The van der Waals surface area contributed by atoms with Crippen LogP contribution < -0.4 is 0 Å².